The van der Waals surface area contributed by atoms with Crippen molar-refractivity contribution < 1.29 is 4.79 Å². The van der Waals surface area contributed by atoms with E-state index in [-0.39, 0.29) is 5.91 Å². The smallest absolute Gasteiger partial charge is 0.221 e. The first kappa shape index (κ1) is 12.6. The van der Waals surface area contributed by atoms with E-state index in [1.54, 1.807) is 11.3 Å². The van der Waals surface area contributed by atoms with Gasteiger partial charge >= 0.3 is 0 Å². The number of benzene rings is 1. The summed E-state index contributed by atoms with van der Waals surface area (Å²) in [6.07, 6.45) is 0. The Bertz CT molecular complexity index is 533. The number of amides is 1. The second-order valence-electron chi connectivity index (χ2n) is 3.97. The molecule has 0 saturated heterocycles. The van der Waals surface area contributed by atoms with E-state index >= 15 is 0 Å². The van der Waals surface area contributed by atoms with Crippen LogP contribution in [0.5, 0.6) is 0 Å². The number of aromatic nitrogens is 1. The summed E-state index contributed by atoms with van der Waals surface area (Å²) >= 11 is 1.65. The lowest BCUT2D eigenvalue weighted by Crippen LogP contribution is -2.05. The Balaban J connectivity index is 1.94. The number of aryl methyl sites for hydroxylation is 1. The van der Waals surface area contributed by atoms with Crippen molar-refractivity contribution in [1.29, 1.82) is 0 Å². The average Bonchev–Trinajstić information content (AvgIpc) is 2.73. The van der Waals surface area contributed by atoms with Crippen LogP contribution in [0.25, 0.3) is 0 Å². The molecule has 94 valence electrons. The van der Waals surface area contributed by atoms with Crippen LogP contribution >= 0.6 is 11.3 Å². The van der Waals surface area contributed by atoms with Crippen molar-refractivity contribution in [2.24, 2.45) is 0 Å². The molecule has 18 heavy (non-hydrogen) atoms. The molecule has 2 rings (SSSR count). The zero-order chi connectivity index (χ0) is 13.0. The minimum absolute atomic E-state index is 0.0593. The summed E-state index contributed by atoms with van der Waals surface area (Å²) in [5.41, 5.74) is 4.76. The summed E-state index contributed by atoms with van der Waals surface area (Å²) in [6, 6.07) is 7.65. The van der Waals surface area contributed by atoms with Crippen LogP contribution in [0.1, 0.15) is 17.5 Å². The highest BCUT2D eigenvalue weighted by Crippen LogP contribution is 2.17. The lowest BCUT2D eigenvalue weighted by atomic mass is 10.2. The van der Waals surface area contributed by atoms with Gasteiger partial charge in [-0.3, -0.25) is 4.79 Å². The third-order valence-corrected chi connectivity index (χ3v) is 3.44. The van der Waals surface area contributed by atoms with Crippen molar-refractivity contribution in [2.45, 2.75) is 20.4 Å². The topological polar surface area (TPSA) is 54.0 Å². The maximum absolute atomic E-state index is 10.9. The van der Waals surface area contributed by atoms with Crippen LogP contribution < -0.4 is 10.6 Å². The van der Waals surface area contributed by atoms with Gasteiger partial charge in [-0.15, -0.1) is 11.3 Å². The largest absolute Gasteiger partial charge is 0.380 e. The predicted octanol–water partition coefficient (Wildman–Crippen LogP) is 3.02. The van der Waals surface area contributed by atoms with Crippen LogP contribution in [0.3, 0.4) is 0 Å². The quantitative estimate of drug-likeness (QED) is 0.889. The molecule has 2 N–H and O–H groups in total. The number of hydrogen-bond donors (Lipinski definition) is 2. The zero-order valence-corrected chi connectivity index (χ0v) is 11.2. The normalized spacial score (nSPS) is 10.1. The molecule has 0 unspecified atom stereocenters. The van der Waals surface area contributed by atoms with Crippen molar-refractivity contribution in [3.8, 4) is 0 Å². The molecule has 0 aliphatic rings. The van der Waals surface area contributed by atoms with Gasteiger partial charge in [0.15, 0.2) is 0 Å². The minimum atomic E-state index is -0.0593. The molecule has 0 radical (unpaired) electrons. The van der Waals surface area contributed by atoms with Crippen LogP contribution in [0.2, 0.25) is 0 Å². The highest BCUT2D eigenvalue weighted by Gasteiger charge is 2.01. The van der Waals surface area contributed by atoms with E-state index in [1.807, 2.05) is 36.7 Å². The summed E-state index contributed by atoms with van der Waals surface area (Å²) < 4.78 is 0. The van der Waals surface area contributed by atoms with E-state index in [4.69, 9.17) is 0 Å². The second kappa shape index (κ2) is 5.64. The molecule has 4 nitrogen and oxygen atoms in total. The molecule has 1 amide bonds. The highest BCUT2D eigenvalue weighted by atomic mass is 32.1. The SMILES string of the molecule is CC(=O)Nc1ccc(NCc2scnc2C)cc1. The summed E-state index contributed by atoms with van der Waals surface area (Å²) in [6.45, 7) is 4.28. The number of anilines is 2. The molecule has 1 aromatic heterocycles. The van der Waals surface area contributed by atoms with E-state index < -0.39 is 0 Å². The van der Waals surface area contributed by atoms with E-state index in [9.17, 15) is 4.79 Å². The van der Waals surface area contributed by atoms with Crippen LogP contribution in [0, 0.1) is 6.92 Å². The van der Waals surface area contributed by atoms with Crippen molar-refractivity contribution >= 4 is 28.6 Å². The summed E-state index contributed by atoms with van der Waals surface area (Å²) in [5.74, 6) is -0.0593. The molecular weight excluding hydrogens is 246 g/mol. The third kappa shape index (κ3) is 3.30. The van der Waals surface area contributed by atoms with Gasteiger partial charge in [-0.05, 0) is 31.2 Å². The van der Waals surface area contributed by atoms with Crippen LogP contribution in [0.4, 0.5) is 11.4 Å². The van der Waals surface area contributed by atoms with Crippen LogP contribution in [-0.4, -0.2) is 10.9 Å². The number of carbonyl (C=O) groups excluding carboxylic acids is 1. The predicted molar refractivity (Wildman–Crippen MR) is 74.9 cm³/mol. The minimum Gasteiger partial charge on any atom is -0.380 e. The molecule has 0 aliphatic heterocycles. The molecular formula is C13H15N3OS. The number of thiazole rings is 1. The van der Waals surface area contributed by atoms with Crippen molar-refractivity contribution in [1.82, 2.24) is 4.98 Å². The molecule has 0 atom stereocenters. The van der Waals surface area contributed by atoms with E-state index in [2.05, 4.69) is 15.6 Å². The Morgan fingerprint density at radius 1 is 1.28 bits per heavy atom. The van der Waals surface area contributed by atoms with Crippen molar-refractivity contribution in [2.75, 3.05) is 10.6 Å². The molecule has 1 aromatic carbocycles. The first-order valence-corrected chi connectivity index (χ1v) is 6.53. The van der Waals surface area contributed by atoms with Gasteiger partial charge in [0, 0.05) is 23.2 Å². The van der Waals surface area contributed by atoms with Crippen molar-refractivity contribution in [3.05, 3.63) is 40.3 Å². The van der Waals surface area contributed by atoms with E-state index in [0.29, 0.717) is 0 Å². The first-order chi connectivity index (χ1) is 8.65. The zero-order valence-electron chi connectivity index (χ0n) is 10.4. The fraction of sp³-hybridized carbons (Fsp3) is 0.231. The standard InChI is InChI=1S/C13H15N3OS/c1-9-13(18-8-15-9)7-14-11-3-5-12(6-4-11)16-10(2)17/h3-6,8,14H,7H2,1-2H3,(H,16,17). The second-order valence-corrected chi connectivity index (χ2v) is 4.91. The maximum Gasteiger partial charge on any atom is 0.221 e. The Kier molecular flexibility index (Phi) is 3.94. The first-order valence-electron chi connectivity index (χ1n) is 5.65. The Morgan fingerprint density at radius 2 is 1.94 bits per heavy atom. The fourth-order valence-corrected chi connectivity index (χ4v) is 2.27. The van der Waals surface area contributed by atoms with E-state index in [1.165, 1.54) is 11.8 Å². The van der Waals surface area contributed by atoms with Gasteiger partial charge in [-0.2, -0.15) is 0 Å². The molecule has 5 heteroatoms. The Morgan fingerprint density at radius 3 is 2.50 bits per heavy atom. The van der Waals surface area contributed by atoms with Crippen LogP contribution in [0.15, 0.2) is 29.8 Å². The maximum atomic E-state index is 10.9. The molecule has 0 saturated carbocycles. The van der Waals surface area contributed by atoms with Gasteiger partial charge in [0.2, 0.25) is 5.91 Å². The molecule has 2 aromatic rings. The molecule has 0 bridgehead atoms. The number of nitrogens with zero attached hydrogens (tertiary/aromatic N) is 1. The van der Waals surface area contributed by atoms with Crippen molar-refractivity contribution in [3.63, 3.8) is 0 Å². The molecule has 0 fully saturated rings. The number of rotatable bonds is 4. The number of carbonyl (C=O) groups is 1. The molecule has 0 aliphatic carbocycles. The monoisotopic (exact) mass is 261 g/mol. The van der Waals surface area contributed by atoms with E-state index in [0.717, 1.165) is 23.6 Å². The summed E-state index contributed by atoms with van der Waals surface area (Å²) in [4.78, 5) is 16.3. The fourth-order valence-electron chi connectivity index (χ4n) is 1.55. The van der Waals surface area contributed by atoms with Gasteiger partial charge in [0.05, 0.1) is 17.7 Å². The average molecular weight is 261 g/mol. The highest BCUT2D eigenvalue weighted by molar-refractivity contribution is 7.09. The molecule has 0 spiro atoms. The van der Waals surface area contributed by atoms with Gasteiger partial charge < -0.3 is 10.6 Å². The Labute approximate surface area is 110 Å². The lowest BCUT2D eigenvalue weighted by Gasteiger charge is -2.07. The van der Waals surface area contributed by atoms with Gasteiger partial charge in [0.25, 0.3) is 0 Å². The van der Waals surface area contributed by atoms with Crippen LogP contribution in [-0.2, 0) is 11.3 Å². The summed E-state index contributed by atoms with van der Waals surface area (Å²) in [7, 11) is 0. The Hall–Kier alpha value is -1.88. The summed E-state index contributed by atoms with van der Waals surface area (Å²) in [5, 5.41) is 6.06. The number of nitrogens with one attached hydrogen (secondary N) is 2. The lowest BCUT2D eigenvalue weighted by molar-refractivity contribution is -0.114. The van der Waals surface area contributed by atoms with Gasteiger partial charge in [0.1, 0.15) is 0 Å². The number of hydrogen-bond acceptors (Lipinski definition) is 4. The van der Waals surface area contributed by atoms with Gasteiger partial charge in [-0.25, -0.2) is 4.98 Å². The molecule has 1 heterocycles. The van der Waals surface area contributed by atoms with Gasteiger partial charge in [-0.1, -0.05) is 0 Å². The third-order valence-electron chi connectivity index (χ3n) is 2.50.